The highest BCUT2D eigenvalue weighted by atomic mass is 19.2. The number of epoxide rings is 1. The lowest BCUT2D eigenvalue weighted by Gasteiger charge is -2.03. The molecule has 1 fully saturated rings. The Hall–Kier alpha value is -1.16. The maximum Gasteiger partial charge on any atom is 0.162 e. The van der Waals surface area contributed by atoms with Gasteiger partial charge in [0.2, 0.25) is 0 Å². The predicted octanol–water partition coefficient (Wildman–Crippen LogP) is 1.74. The molecule has 0 bridgehead atoms. The quantitative estimate of drug-likeness (QED) is 0.670. The third-order valence-electron chi connectivity index (χ3n) is 1.73. The molecule has 0 radical (unpaired) electrons. The van der Waals surface area contributed by atoms with Crippen molar-refractivity contribution in [3.05, 3.63) is 29.8 Å². The molecule has 1 atom stereocenters. The molecule has 0 saturated carbocycles. The standard InChI is InChI=1S/C9H8F2O2/c10-8-2-1-6(3-9(8)11)12-4-7-5-13-7/h1-3,7H,4-5H2. The molecule has 1 aliphatic heterocycles. The molecule has 0 aromatic heterocycles. The van der Waals surface area contributed by atoms with Crippen LogP contribution in [0.4, 0.5) is 8.78 Å². The zero-order chi connectivity index (χ0) is 9.26. The van der Waals surface area contributed by atoms with Gasteiger partial charge in [0.25, 0.3) is 0 Å². The Morgan fingerprint density at radius 1 is 1.38 bits per heavy atom. The smallest absolute Gasteiger partial charge is 0.162 e. The van der Waals surface area contributed by atoms with E-state index in [4.69, 9.17) is 9.47 Å². The molecule has 70 valence electrons. The van der Waals surface area contributed by atoms with Crippen molar-refractivity contribution in [3.63, 3.8) is 0 Å². The minimum absolute atomic E-state index is 0.119. The number of ether oxygens (including phenoxy) is 2. The van der Waals surface area contributed by atoms with Crippen molar-refractivity contribution in [3.8, 4) is 5.75 Å². The summed E-state index contributed by atoms with van der Waals surface area (Å²) >= 11 is 0. The fourth-order valence-corrected chi connectivity index (χ4v) is 0.920. The first kappa shape index (κ1) is 8.44. The van der Waals surface area contributed by atoms with E-state index in [1.54, 1.807) is 0 Å². The molecule has 1 aromatic rings. The van der Waals surface area contributed by atoms with Crippen molar-refractivity contribution in [2.24, 2.45) is 0 Å². The largest absolute Gasteiger partial charge is 0.491 e. The van der Waals surface area contributed by atoms with Crippen molar-refractivity contribution in [1.82, 2.24) is 0 Å². The van der Waals surface area contributed by atoms with Crippen LogP contribution in [0.3, 0.4) is 0 Å². The lowest BCUT2D eigenvalue weighted by atomic mass is 10.3. The SMILES string of the molecule is Fc1ccc(OCC2CO2)cc1F. The van der Waals surface area contributed by atoms with Crippen LogP contribution in [-0.4, -0.2) is 19.3 Å². The van der Waals surface area contributed by atoms with E-state index < -0.39 is 11.6 Å². The van der Waals surface area contributed by atoms with Gasteiger partial charge in [0.05, 0.1) is 6.61 Å². The highest BCUT2D eigenvalue weighted by molar-refractivity contribution is 5.23. The van der Waals surface area contributed by atoms with Crippen LogP contribution in [0.15, 0.2) is 18.2 Å². The van der Waals surface area contributed by atoms with Gasteiger partial charge in [-0.05, 0) is 12.1 Å². The van der Waals surface area contributed by atoms with Crippen molar-refractivity contribution in [1.29, 1.82) is 0 Å². The van der Waals surface area contributed by atoms with Gasteiger partial charge >= 0.3 is 0 Å². The monoisotopic (exact) mass is 186 g/mol. The van der Waals surface area contributed by atoms with Gasteiger partial charge in [-0.15, -0.1) is 0 Å². The summed E-state index contributed by atoms with van der Waals surface area (Å²) in [6.07, 6.45) is 0.119. The van der Waals surface area contributed by atoms with E-state index in [1.807, 2.05) is 0 Å². The number of halogens is 2. The molecule has 1 aliphatic rings. The van der Waals surface area contributed by atoms with Crippen molar-refractivity contribution < 1.29 is 18.3 Å². The first-order valence-corrected chi connectivity index (χ1v) is 3.95. The van der Waals surface area contributed by atoms with Gasteiger partial charge < -0.3 is 9.47 Å². The summed E-state index contributed by atoms with van der Waals surface area (Å²) < 4.78 is 35.1. The van der Waals surface area contributed by atoms with Crippen LogP contribution in [0, 0.1) is 11.6 Å². The molecule has 2 rings (SSSR count). The van der Waals surface area contributed by atoms with Crippen LogP contribution in [0.5, 0.6) is 5.75 Å². The van der Waals surface area contributed by atoms with Gasteiger partial charge in [0.15, 0.2) is 11.6 Å². The first-order valence-electron chi connectivity index (χ1n) is 3.95. The second kappa shape index (κ2) is 3.30. The Bertz CT molecular complexity index is 310. The van der Waals surface area contributed by atoms with E-state index in [-0.39, 0.29) is 6.10 Å². The minimum Gasteiger partial charge on any atom is -0.491 e. The Kier molecular flexibility index (Phi) is 2.14. The van der Waals surface area contributed by atoms with Crippen LogP contribution >= 0.6 is 0 Å². The fourth-order valence-electron chi connectivity index (χ4n) is 0.920. The zero-order valence-electron chi connectivity index (χ0n) is 6.80. The normalized spacial score (nSPS) is 20.0. The first-order chi connectivity index (χ1) is 6.25. The van der Waals surface area contributed by atoms with Crippen LogP contribution in [0.25, 0.3) is 0 Å². The highest BCUT2D eigenvalue weighted by Crippen LogP contribution is 2.17. The van der Waals surface area contributed by atoms with E-state index in [0.717, 1.165) is 12.1 Å². The summed E-state index contributed by atoms with van der Waals surface area (Å²) in [7, 11) is 0. The predicted molar refractivity (Wildman–Crippen MR) is 41.6 cm³/mol. The molecule has 4 heteroatoms. The van der Waals surface area contributed by atoms with Crippen LogP contribution in [0.1, 0.15) is 0 Å². The summed E-state index contributed by atoms with van der Waals surface area (Å²) in [6, 6.07) is 3.46. The molecule has 0 N–H and O–H groups in total. The van der Waals surface area contributed by atoms with Crippen LogP contribution in [0.2, 0.25) is 0 Å². The second-order valence-corrected chi connectivity index (χ2v) is 2.84. The molecule has 1 heterocycles. The highest BCUT2D eigenvalue weighted by Gasteiger charge is 2.23. The summed E-state index contributed by atoms with van der Waals surface area (Å²) in [5.74, 6) is -1.43. The molecule has 1 saturated heterocycles. The maximum absolute atomic E-state index is 12.6. The third kappa shape index (κ3) is 2.15. The van der Waals surface area contributed by atoms with E-state index in [9.17, 15) is 8.78 Å². The Balaban J connectivity index is 1.98. The van der Waals surface area contributed by atoms with E-state index >= 15 is 0 Å². The summed E-state index contributed by atoms with van der Waals surface area (Å²) in [4.78, 5) is 0. The van der Waals surface area contributed by atoms with Crippen molar-refractivity contribution in [2.45, 2.75) is 6.10 Å². The number of hydrogen-bond donors (Lipinski definition) is 0. The molecular formula is C9H8F2O2. The van der Waals surface area contributed by atoms with E-state index in [0.29, 0.717) is 19.0 Å². The zero-order valence-corrected chi connectivity index (χ0v) is 6.80. The number of hydrogen-bond acceptors (Lipinski definition) is 2. The summed E-state index contributed by atoms with van der Waals surface area (Å²) in [5.41, 5.74) is 0. The maximum atomic E-state index is 12.6. The van der Waals surface area contributed by atoms with Gasteiger partial charge in [0.1, 0.15) is 18.5 Å². The number of rotatable bonds is 3. The molecule has 1 aromatic carbocycles. The number of benzene rings is 1. The molecule has 1 unspecified atom stereocenters. The van der Waals surface area contributed by atoms with Gasteiger partial charge in [-0.2, -0.15) is 0 Å². The molecule has 0 amide bonds. The molecule has 2 nitrogen and oxygen atoms in total. The van der Waals surface area contributed by atoms with Crippen molar-refractivity contribution >= 4 is 0 Å². The minimum atomic E-state index is -0.894. The van der Waals surface area contributed by atoms with E-state index in [1.165, 1.54) is 6.07 Å². The average molecular weight is 186 g/mol. The van der Waals surface area contributed by atoms with Crippen LogP contribution in [-0.2, 0) is 4.74 Å². The second-order valence-electron chi connectivity index (χ2n) is 2.84. The van der Waals surface area contributed by atoms with E-state index in [2.05, 4.69) is 0 Å². The Morgan fingerprint density at radius 3 is 2.77 bits per heavy atom. The van der Waals surface area contributed by atoms with Gasteiger partial charge in [-0.3, -0.25) is 0 Å². The summed E-state index contributed by atoms with van der Waals surface area (Å²) in [5, 5.41) is 0. The lowest BCUT2D eigenvalue weighted by Crippen LogP contribution is -2.04. The fraction of sp³-hybridized carbons (Fsp3) is 0.333. The van der Waals surface area contributed by atoms with Crippen LogP contribution < -0.4 is 4.74 Å². The Morgan fingerprint density at radius 2 is 2.15 bits per heavy atom. The summed E-state index contributed by atoms with van der Waals surface area (Å²) in [6.45, 7) is 1.08. The molecular weight excluding hydrogens is 178 g/mol. The Labute approximate surface area is 74.1 Å². The lowest BCUT2D eigenvalue weighted by molar-refractivity contribution is 0.261. The third-order valence-corrected chi connectivity index (χ3v) is 1.73. The van der Waals surface area contributed by atoms with Gasteiger partial charge in [0, 0.05) is 6.07 Å². The molecule has 0 aliphatic carbocycles. The topological polar surface area (TPSA) is 21.8 Å². The molecule has 0 spiro atoms. The van der Waals surface area contributed by atoms with Gasteiger partial charge in [-0.25, -0.2) is 8.78 Å². The van der Waals surface area contributed by atoms with Gasteiger partial charge in [-0.1, -0.05) is 0 Å². The van der Waals surface area contributed by atoms with Crippen molar-refractivity contribution in [2.75, 3.05) is 13.2 Å². The average Bonchev–Trinajstić information content (AvgIpc) is 2.91. The molecule has 13 heavy (non-hydrogen) atoms.